The molecule has 9 heteroatoms. The summed E-state index contributed by atoms with van der Waals surface area (Å²) >= 11 is 1.48. The van der Waals surface area contributed by atoms with E-state index in [2.05, 4.69) is 15.6 Å². The summed E-state index contributed by atoms with van der Waals surface area (Å²) in [7, 11) is 0. The third-order valence-corrected chi connectivity index (χ3v) is 8.31. The van der Waals surface area contributed by atoms with Crippen LogP contribution in [0.25, 0.3) is 0 Å². The van der Waals surface area contributed by atoms with E-state index < -0.39 is 34.7 Å². The normalized spacial score (nSPS) is 17.7. The van der Waals surface area contributed by atoms with Crippen LogP contribution >= 0.6 is 11.8 Å². The van der Waals surface area contributed by atoms with Crippen LogP contribution in [0.4, 0.5) is 0 Å². The number of carbonyl (C=O) groups excluding carboxylic acids is 3. The van der Waals surface area contributed by atoms with Gasteiger partial charge in [-0.25, -0.2) is 0 Å². The van der Waals surface area contributed by atoms with Crippen molar-refractivity contribution in [2.75, 3.05) is 5.88 Å². The third-order valence-electron chi connectivity index (χ3n) is 6.94. The van der Waals surface area contributed by atoms with Gasteiger partial charge in [0, 0.05) is 17.5 Å². The predicted molar refractivity (Wildman–Crippen MR) is 152 cm³/mol. The van der Waals surface area contributed by atoms with Gasteiger partial charge in [-0.2, -0.15) is 0 Å². The van der Waals surface area contributed by atoms with E-state index in [1.807, 2.05) is 75.4 Å². The molecule has 0 bridgehead atoms. The Labute approximate surface area is 233 Å². The number of carbonyl (C=O) groups is 3. The zero-order valence-electron chi connectivity index (χ0n) is 22.3. The second kappa shape index (κ2) is 12.4. The lowest BCUT2D eigenvalue weighted by molar-refractivity contribution is -0.147. The Bertz CT molecular complexity index is 1300. The zero-order valence-corrected chi connectivity index (χ0v) is 23.2. The minimum absolute atomic E-state index is 0.182. The zero-order chi connectivity index (χ0) is 28.0. The molecule has 0 aliphatic carbocycles. The highest BCUT2D eigenvalue weighted by atomic mass is 32.2. The van der Waals surface area contributed by atoms with Gasteiger partial charge in [-0.05, 0) is 56.0 Å². The van der Waals surface area contributed by atoms with E-state index in [9.17, 15) is 19.5 Å². The predicted octanol–water partition coefficient (Wildman–Crippen LogP) is 3.09. The summed E-state index contributed by atoms with van der Waals surface area (Å²) in [6.07, 6.45) is 0.159. The Morgan fingerprint density at radius 2 is 1.74 bits per heavy atom. The number of benzene rings is 2. The van der Waals surface area contributed by atoms with Crippen molar-refractivity contribution in [3.63, 3.8) is 0 Å². The van der Waals surface area contributed by atoms with Gasteiger partial charge in [0.2, 0.25) is 5.91 Å². The highest BCUT2D eigenvalue weighted by molar-refractivity contribution is 8.00. The number of aliphatic hydroxyl groups excluding tert-OH is 1. The fraction of sp³-hybridized carbons (Fsp3) is 0.333. The molecule has 3 N–H and O–H groups in total. The summed E-state index contributed by atoms with van der Waals surface area (Å²) in [5.74, 6) is -1.14. The summed E-state index contributed by atoms with van der Waals surface area (Å²) in [5.41, 5.74) is 3.09. The van der Waals surface area contributed by atoms with Crippen LogP contribution in [0.3, 0.4) is 0 Å². The highest BCUT2D eigenvalue weighted by Crippen LogP contribution is 2.40. The van der Waals surface area contributed by atoms with Gasteiger partial charge >= 0.3 is 0 Å². The number of nitrogens with one attached hydrogen (secondary N) is 2. The van der Waals surface area contributed by atoms with Crippen molar-refractivity contribution >= 4 is 29.5 Å². The number of hydrogen-bond acceptors (Lipinski definition) is 6. The molecule has 3 atom stereocenters. The van der Waals surface area contributed by atoms with Crippen molar-refractivity contribution in [3.8, 4) is 0 Å². The molecular formula is C30H34N4O4S. The van der Waals surface area contributed by atoms with Crippen molar-refractivity contribution in [2.45, 2.75) is 56.7 Å². The molecule has 1 unspecified atom stereocenters. The molecule has 0 spiro atoms. The SMILES string of the molecule is Cc1ccccc1CNC(=O)C1N(C(=O)[C@@H](O)[C@H](Cc2ccccc2)NC(=O)c2ccccn2)CSC1(C)C. The van der Waals surface area contributed by atoms with Crippen LogP contribution < -0.4 is 10.6 Å². The lowest BCUT2D eigenvalue weighted by Crippen LogP contribution is -2.58. The van der Waals surface area contributed by atoms with Gasteiger partial charge in [0.1, 0.15) is 11.7 Å². The van der Waals surface area contributed by atoms with Crippen LogP contribution in [-0.4, -0.2) is 61.5 Å². The van der Waals surface area contributed by atoms with Crippen LogP contribution in [0.1, 0.15) is 41.0 Å². The Morgan fingerprint density at radius 3 is 2.44 bits per heavy atom. The molecule has 1 aromatic heterocycles. The molecule has 3 aromatic rings. The molecule has 2 aromatic carbocycles. The second-order valence-corrected chi connectivity index (χ2v) is 11.8. The Morgan fingerprint density at radius 1 is 1.05 bits per heavy atom. The van der Waals surface area contributed by atoms with Gasteiger partial charge in [-0.3, -0.25) is 19.4 Å². The molecule has 1 aliphatic heterocycles. The van der Waals surface area contributed by atoms with Gasteiger partial charge in [-0.1, -0.05) is 60.7 Å². The standard InChI is InChI=1S/C30H34N4O4S/c1-20-11-7-8-14-22(20)18-32-28(37)26-30(2,3)39-19-34(26)29(38)25(35)24(17-21-12-5-4-6-13-21)33-27(36)23-15-9-10-16-31-23/h4-16,24-26,35H,17-19H2,1-3H3,(H,32,37)(H,33,36)/t24-,25-,26?/m0/s1. The molecule has 2 heterocycles. The lowest BCUT2D eigenvalue weighted by atomic mass is 9.97. The largest absolute Gasteiger partial charge is 0.381 e. The van der Waals surface area contributed by atoms with E-state index in [-0.39, 0.29) is 23.9 Å². The summed E-state index contributed by atoms with van der Waals surface area (Å²) in [4.78, 5) is 45.6. The first-order chi connectivity index (χ1) is 18.7. The van der Waals surface area contributed by atoms with Crippen molar-refractivity contribution in [3.05, 3.63) is 101 Å². The average Bonchev–Trinajstić information content (AvgIpc) is 3.27. The molecule has 1 aliphatic rings. The fourth-order valence-electron chi connectivity index (χ4n) is 4.69. The highest BCUT2D eigenvalue weighted by Gasteiger charge is 2.49. The molecule has 1 fully saturated rings. The quantitative estimate of drug-likeness (QED) is 0.380. The third kappa shape index (κ3) is 6.85. The maximum atomic E-state index is 13.7. The number of aromatic nitrogens is 1. The van der Waals surface area contributed by atoms with E-state index in [0.717, 1.165) is 16.7 Å². The minimum atomic E-state index is -1.57. The van der Waals surface area contributed by atoms with Gasteiger partial charge in [0.05, 0.1) is 11.9 Å². The van der Waals surface area contributed by atoms with Gasteiger partial charge in [-0.15, -0.1) is 11.8 Å². The number of thioether (sulfide) groups is 1. The Hall–Kier alpha value is -3.69. The summed E-state index contributed by atoms with van der Waals surface area (Å²) in [5, 5.41) is 17.1. The number of hydrogen-bond donors (Lipinski definition) is 3. The van der Waals surface area contributed by atoms with E-state index in [1.165, 1.54) is 22.9 Å². The summed E-state index contributed by atoms with van der Waals surface area (Å²) in [6.45, 7) is 6.15. The number of pyridine rings is 1. The molecule has 0 radical (unpaired) electrons. The van der Waals surface area contributed by atoms with Crippen LogP contribution in [0, 0.1) is 6.92 Å². The first kappa shape index (κ1) is 28.3. The number of amides is 3. The van der Waals surface area contributed by atoms with Crippen molar-refractivity contribution in [1.82, 2.24) is 20.5 Å². The first-order valence-electron chi connectivity index (χ1n) is 12.9. The minimum Gasteiger partial charge on any atom is -0.381 e. The number of aryl methyl sites for hydroxylation is 1. The molecule has 204 valence electrons. The maximum Gasteiger partial charge on any atom is 0.270 e. The van der Waals surface area contributed by atoms with E-state index in [4.69, 9.17) is 0 Å². The monoisotopic (exact) mass is 546 g/mol. The van der Waals surface area contributed by atoms with Crippen molar-refractivity contribution < 1.29 is 19.5 Å². The van der Waals surface area contributed by atoms with Gasteiger partial charge in [0.25, 0.3) is 11.8 Å². The van der Waals surface area contributed by atoms with Crippen LogP contribution in [0.15, 0.2) is 79.0 Å². The smallest absolute Gasteiger partial charge is 0.270 e. The fourth-order valence-corrected chi connectivity index (χ4v) is 5.83. The van der Waals surface area contributed by atoms with E-state index in [0.29, 0.717) is 6.54 Å². The topological polar surface area (TPSA) is 112 Å². The average molecular weight is 547 g/mol. The summed E-state index contributed by atoms with van der Waals surface area (Å²) < 4.78 is -0.572. The number of nitrogens with zero attached hydrogens (tertiary/aromatic N) is 2. The molecule has 1 saturated heterocycles. The van der Waals surface area contributed by atoms with Gasteiger partial charge in [0.15, 0.2) is 6.10 Å². The molecule has 0 saturated carbocycles. The first-order valence-corrected chi connectivity index (χ1v) is 13.9. The van der Waals surface area contributed by atoms with E-state index in [1.54, 1.807) is 18.2 Å². The Balaban J connectivity index is 1.53. The van der Waals surface area contributed by atoms with Crippen LogP contribution in [0.2, 0.25) is 0 Å². The molecule has 4 rings (SSSR count). The van der Waals surface area contributed by atoms with Gasteiger partial charge < -0.3 is 20.6 Å². The maximum absolute atomic E-state index is 13.7. The van der Waals surface area contributed by atoms with E-state index >= 15 is 0 Å². The summed E-state index contributed by atoms with van der Waals surface area (Å²) in [6, 6.07) is 20.4. The van der Waals surface area contributed by atoms with Crippen molar-refractivity contribution in [2.24, 2.45) is 0 Å². The lowest BCUT2D eigenvalue weighted by Gasteiger charge is -2.33. The molecule has 8 nitrogen and oxygen atoms in total. The number of aliphatic hydroxyl groups is 1. The molecule has 3 amide bonds. The van der Waals surface area contributed by atoms with Crippen LogP contribution in [-0.2, 0) is 22.6 Å². The molecule has 39 heavy (non-hydrogen) atoms. The number of rotatable bonds is 9. The molecular weight excluding hydrogens is 512 g/mol. The van der Waals surface area contributed by atoms with Crippen molar-refractivity contribution in [1.29, 1.82) is 0 Å². The van der Waals surface area contributed by atoms with Crippen LogP contribution in [0.5, 0.6) is 0 Å². The second-order valence-electron chi connectivity index (χ2n) is 10.2. The Kier molecular flexibility index (Phi) is 9.04.